The Labute approximate surface area is 157 Å². The Morgan fingerprint density at radius 1 is 1.07 bits per heavy atom. The Morgan fingerprint density at radius 3 is 2.30 bits per heavy atom. The molecule has 2 rings (SSSR count). The molecule has 0 spiro atoms. The SMILES string of the molecule is CC(C)CC(=O)Nc1ccc(NC(=O)/C=C/c2cccc([N+](=O)[O-])c2)cc1. The molecule has 0 heterocycles. The molecule has 2 amide bonds. The van der Waals surface area contributed by atoms with Crippen LogP contribution in [0.3, 0.4) is 0 Å². The van der Waals surface area contributed by atoms with Crippen LogP contribution in [0.15, 0.2) is 54.6 Å². The highest BCUT2D eigenvalue weighted by molar-refractivity contribution is 6.02. The van der Waals surface area contributed by atoms with Gasteiger partial charge in [-0.3, -0.25) is 19.7 Å². The number of nitro groups is 1. The molecule has 2 aromatic carbocycles. The van der Waals surface area contributed by atoms with Gasteiger partial charge in [-0.25, -0.2) is 0 Å². The number of nitro benzene ring substituents is 1. The zero-order valence-corrected chi connectivity index (χ0v) is 15.1. The normalized spacial score (nSPS) is 10.8. The molecule has 0 bridgehead atoms. The summed E-state index contributed by atoms with van der Waals surface area (Å²) in [6, 6.07) is 12.8. The van der Waals surface area contributed by atoms with E-state index in [4.69, 9.17) is 0 Å². The van der Waals surface area contributed by atoms with Crippen molar-refractivity contribution in [3.05, 3.63) is 70.3 Å². The second-order valence-electron chi connectivity index (χ2n) is 6.40. The lowest BCUT2D eigenvalue weighted by Gasteiger charge is -2.08. The number of anilines is 2. The molecule has 0 atom stereocenters. The first-order chi connectivity index (χ1) is 12.8. The van der Waals surface area contributed by atoms with Crippen molar-refractivity contribution in [2.75, 3.05) is 10.6 Å². The zero-order valence-electron chi connectivity index (χ0n) is 15.1. The summed E-state index contributed by atoms with van der Waals surface area (Å²) in [7, 11) is 0. The molecule has 0 unspecified atom stereocenters. The molecular formula is C20H21N3O4. The van der Waals surface area contributed by atoms with Crippen LogP contribution < -0.4 is 10.6 Å². The third kappa shape index (κ3) is 6.74. The Bertz CT molecular complexity index is 858. The van der Waals surface area contributed by atoms with Crippen LogP contribution in [0.1, 0.15) is 25.8 Å². The van der Waals surface area contributed by atoms with Crippen LogP contribution in [-0.2, 0) is 9.59 Å². The predicted molar refractivity (Wildman–Crippen MR) is 105 cm³/mol. The molecule has 0 aliphatic carbocycles. The minimum absolute atomic E-state index is 0.0346. The van der Waals surface area contributed by atoms with Crippen molar-refractivity contribution in [1.29, 1.82) is 0 Å². The molecular weight excluding hydrogens is 346 g/mol. The van der Waals surface area contributed by atoms with E-state index in [1.165, 1.54) is 24.3 Å². The van der Waals surface area contributed by atoms with Gasteiger partial charge in [-0.1, -0.05) is 26.0 Å². The predicted octanol–water partition coefficient (Wildman–Crippen LogP) is 4.23. The molecule has 0 saturated carbocycles. The molecule has 0 aliphatic heterocycles. The van der Waals surface area contributed by atoms with Crippen LogP contribution in [-0.4, -0.2) is 16.7 Å². The van der Waals surface area contributed by atoms with Gasteiger partial charge in [-0.2, -0.15) is 0 Å². The summed E-state index contributed by atoms with van der Waals surface area (Å²) in [4.78, 5) is 34.0. The van der Waals surface area contributed by atoms with Gasteiger partial charge < -0.3 is 10.6 Å². The van der Waals surface area contributed by atoms with Crippen molar-refractivity contribution in [3.63, 3.8) is 0 Å². The van der Waals surface area contributed by atoms with Gasteiger partial charge in [0.25, 0.3) is 5.69 Å². The summed E-state index contributed by atoms with van der Waals surface area (Å²) in [6.45, 7) is 3.94. The second-order valence-corrected chi connectivity index (χ2v) is 6.40. The van der Waals surface area contributed by atoms with Crippen LogP contribution in [0.5, 0.6) is 0 Å². The van der Waals surface area contributed by atoms with Gasteiger partial charge >= 0.3 is 0 Å². The lowest BCUT2D eigenvalue weighted by atomic mass is 10.1. The van der Waals surface area contributed by atoms with Gasteiger partial charge in [0.15, 0.2) is 0 Å². The number of benzene rings is 2. The first-order valence-electron chi connectivity index (χ1n) is 8.47. The van der Waals surface area contributed by atoms with E-state index in [0.29, 0.717) is 23.4 Å². The number of carbonyl (C=O) groups is 2. The lowest BCUT2D eigenvalue weighted by Crippen LogP contribution is -2.14. The lowest BCUT2D eigenvalue weighted by molar-refractivity contribution is -0.384. The molecule has 0 radical (unpaired) electrons. The van der Waals surface area contributed by atoms with Crippen LogP contribution >= 0.6 is 0 Å². The molecule has 2 aromatic rings. The van der Waals surface area contributed by atoms with E-state index in [2.05, 4.69) is 10.6 Å². The molecule has 0 aromatic heterocycles. The number of hydrogen-bond acceptors (Lipinski definition) is 4. The van der Waals surface area contributed by atoms with Crippen LogP contribution in [0, 0.1) is 16.0 Å². The minimum Gasteiger partial charge on any atom is -0.326 e. The molecule has 140 valence electrons. The van der Waals surface area contributed by atoms with E-state index >= 15 is 0 Å². The Morgan fingerprint density at radius 2 is 1.70 bits per heavy atom. The van der Waals surface area contributed by atoms with Gasteiger partial charge in [0.1, 0.15) is 0 Å². The highest BCUT2D eigenvalue weighted by atomic mass is 16.6. The number of nitrogens with zero attached hydrogens (tertiary/aromatic N) is 1. The number of amides is 2. The standard InChI is InChI=1S/C20H21N3O4/c1-14(2)12-20(25)22-17-9-7-16(8-10-17)21-19(24)11-6-15-4-3-5-18(13-15)23(26)27/h3-11,13-14H,12H2,1-2H3,(H,21,24)(H,22,25)/b11-6+. The maximum Gasteiger partial charge on any atom is 0.270 e. The van der Waals surface area contributed by atoms with Crippen LogP contribution in [0.2, 0.25) is 0 Å². The summed E-state index contributed by atoms with van der Waals surface area (Å²) < 4.78 is 0. The first-order valence-corrected chi connectivity index (χ1v) is 8.47. The molecule has 2 N–H and O–H groups in total. The van der Waals surface area contributed by atoms with Crippen molar-refractivity contribution in [2.24, 2.45) is 5.92 Å². The van der Waals surface area contributed by atoms with E-state index in [0.717, 1.165) is 0 Å². The van der Waals surface area contributed by atoms with E-state index in [9.17, 15) is 19.7 Å². The van der Waals surface area contributed by atoms with E-state index in [1.54, 1.807) is 36.4 Å². The fourth-order valence-electron chi connectivity index (χ4n) is 2.32. The van der Waals surface area contributed by atoms with E-state index in [-0.39, 0.29) is 23.4 Å². The Kier molecular flexibility index (Phi) is 6.82. The smallest absolute Gasteiger partial charge is 0.270 e. The zero-order chi connectivity index (χ0) is 19.8. The fraction of sp³-hybridized carbons (Fsp3) is 0.200. The third-order valence-electron chi connectivity index (χ3n) is 3.54. The summed E-state index contributed by atoms with van der Waals surface area (Å²) in [5.41, 5.74) is 1.76. The molecule has 0 saturated heterocycles. The Balaban J connectivity index is 1.93. The summed E-state index contributed by atoms with van der Waals surface area (Å²) >= 11 is 0. The van der Waals surface area contributed by atoms with Crippen LogP contribution in [0.25, 0.3) is 6.08 Å². The number of rotatable bonds is 7. The maximum atomic E-state index is 12.0. The van der Waals surface area contributed by atoms with Crippen molar-refractivity contribution in [1.82, 2.24) is 0 Å². The number of carbonyl (C=O) groups excluding carboxylic acids is 2. The fourth-order valence-corrected chi connectivity index (χ4v) is 2.32. The van der Waals surface area contributed by atoms with Crippen molar-refractivity contribution < 1.29 is 14.5 Å². The molecule has 7 nitrogen and oxygen atoms in total. The largest absolute Gasteiger partial charge is 0.326 e. The van der Waals surface area contributed by atoms with E-state index < -0.39 is 4.92 Å². The monoisotopic (exact) mass is 367 g/mol. The van der Waals surface area contributed by atoms with Gasteiger partial charge in [-0.05, 0) is 41.8 Å². The third-order valence-corrected chi connectivity index (χ3v) is 3.54. The molecule has 27 heavy (non-hydrogen) atoms. The second kappa shape index (κ2) is 9.28. The highest BCUT2D eigenvalue weighted by Crippen LogP contribution is 2.16. The molecule has 7 heteroatoms. The summed E-state index contributed by atoms with van der Waals surface area (Å²) in [5.74, 6) is -0.138. The maximum absolute atomic E-state index is 12.0. The number of hydrogen-bond donors (Lipinski definition) is 2. The highest BCUT2D eigenvalue weighted by Gasteiger charge is 2.06. The quantitative estimate of drug-likeness (QED) is 0.434. The molecule has 0 aliphatic rings. The van der Waals surface area contributed by atoms with Crippen molar-refractivity contribution in [2.45, 2.75) is 20.3 Å². The molecule has 0 fully saturated rings. The number of nitrogens with one attached hydrogen (secondary N) is 2. The Hall–Kier alpha value is -3.48. The average Bonchev–Trinajstić information content (AvgIpc) is 2.61. The number of non-ortho nitro benzene ring substituents is 1. The van der Waals surface area contributed by atoms with Gasteiger partial charge in [0.2, 0.25) is 11.8 Å². The van der Waals surface area contributed by atoms with Gasteiger partial charge in [0, 0.05) is 36.0 Å². The first kappa shape index (κ1) is 19.8. The van der Waals surface area contributed by atoms with Gasteiger partial charge in [0.05, 0.1) is 4.92 Å². The van der Waals surface area contributed by atoms with Crippen LogP contribution in [0.4, 0.5) is 17.1 Å². The minimum atomic E-state index is -0.487. The summed E-state index contributed by atoms with van der Waals surface area (Å²) in [5, 5.41) is 16.2. The van der Waals surface area contributed by atoms with E-state index in [1.807, 2.05) is 13.8 Å². The summed E-state index contributed by atoms with van der Waals surface area (Å²) in [6.07, 6.45) is 3.25. The average molecular weight is 367 g/mol. The van der Waals surface area contributed by atoms with Gasteiger partial charge in [-0.15, -0.1) is 0 Å². The van der Waals surface area contributed by atoms with Crippen molar-refractivity contribution >= 4 is 35.0 Å². The van der Waals surface area contributed by atoms with Crippen molar-refractivity contribution in [3.8, 4) is 0 Å². The topological polar surface area (TPSA) is 101 Å².